The van der Waals surface area contributed by atoms with E-state index in [0.717, 1.165) is 17.3 Å². The van der Waals surface area contributed by atoms with Gasteiger partial charge < -0.3 is 9.88 Å². The van der Waals surface area contributed by atoms with Crippen LogP contribution in [0.5, 0.6) is 0 Å². The molecule has 0 saturated carbocycles. The largest absolute Gasteiger partial charge is 0.351 e. The van der Waals surface area contributed by atoms with Crippen molar-refractivity contribution in [1.82, 2.24) is 9.88 Å². The van der Waals surface area contributed by atoms with Crippen molar-refractivity contribution in [3.05, 3.63) is 34.2 Å². The van der Waals surface area contributed by atoms with Crippen molar-refractivity contribution in [2.45, 2.75) is 19.4 Å². The molecule has 0 unspecified atom stereocenters. The third kappa shape index (κ3) is 1.65. The number of carbonyl (C=O) groups is 1. The van der Waals surface area contributed by atoms with Gasteiger partial charge in [-0.25, -0.2) is 4.39 Å². The summed E-state index contributed by atoms with van der Waals surface area (Å²) in [6.45, 7) is 2.74. The zero-order chi connectivity index (χ0) is 12.9. The van der Waals surface area contributed by atoms with Gasteiger partial charge in [0, 0.05) is 22.4 Å². The highest BCUT2D eigenvalue weighted by Crippen LogP contribution is 2.33. The Kier molecular flexibility index (Phi) is 2.66. The third-order valence-electron chi connectivity index (χ3n) is 3.37. The molecule has 0 aliphatic carbocycles. The van der Waals surface area contributed by atoms with Gasteiger partial charge in [-0.15, -0.1) is 0 Å². The van der Waals surface area contributed by atoms with Crippen LogP contribution in [0.2, 0.25) is 0 Å². The molecule has 0 saturated heterocycles. The first-order chi connectivity index (χ1) is 8.58. The van der Waals surface area contributed by atoms with Crippen LogP contribution in [0.15, 0.2) is 22.7 Å². The molecule has 0 spiro atoms. The van der Waals surface area contributed by atoms with Crippen LogP contribution in [-0.4, -0.2) is 17.0 Å². The van der Waals surface area contributed by atoms with Gasteiger partial charge in [-0.05, 0) is 47.5 Å². The molecule has 0 fully saturated rings. The summed E-state index contributed by atoms with van der Waals surface area (Å²) >= 11 is 3.39. The fourth-order valence-corrected chi connectivity index (χ4v) is 3.17. The highest BCUT2D eigenvalue weighted by molar-refractivity contribution is 9.10. The Morgan fingerprint density at radius 3 is 3.00 bits per heavy atom. The monoisotopic (exact) mass is 310 g/mol. The van der Waals surface area contributed by atoms with E-state index in [4.69, 9.17) is 0 Å². The molecule has 5 heteroatoms. The van der Waals surface area contributed by atoms with Crippen LogP contribution in [0.4, 0.5) is 4.39 Å². The number of halogens is 2. The number of aromatic nitrogens is 1. The molecule has 3 nitrogen and oxygen atoms in total. The standard InChI is InChI=1S/C13H12BrFN2O/c1-7-2-3-16-13(18)11-5-8-4-9(15)6-10(14)12(8)17(7)11/h4-7H,2-3H2,1H3,(H,16,18)/t7-/m0/s1. The summed E-state index contributed by atoms with van der Waals surface area (Å²) in [7, 11) is 0. The zero-order valence-electron chi connectivity index (χ0n) is 9.84. The van der Waals surface area contributed by atoms with Crippen LogP contribution in [0.3, 0.4) is 0 Å². The number of nitrogens with zero attached hydrogens (tertiary/aromatic N) is 1. The van der Waals surface area contributed by atoms with Gasteiger partial charge >= 0.3 is 0 Å². The number of hydrogen-bond acceptors (Lipinski definition) is 1. The Bertz CT molecular complexity index is 650. The van der Waals surface area contributed by atoms with Gasteiger partial charge in [0.25, 0.3) is 5.91 Å². The highest BCUT2D eigenvalue weighted by Gasteiger charge is 2.23. The Hall–Kier alpha value is -1.36. The molecule has 1 atom stereocenters. The predicted octanol–water partition coefficient (Wildman–Crippen LogP) is 3.24. The van der Waals surface area contributed by atoms with Gasteiger partial charge in [0.1, 0.15) is 11.5 Å². The second-order valence-corrected chi connectivity index (χ2v) is 5.47. The number of benzene rings is 1. The smallest absolute Gasteiger partial charge is 0.267 e. The molecular formula is C13H12BrFN2O. The Morgan fingerprint density at radius 1 is 1.44 bits per heavy atom. The molecule has 2 aromatic rings. The average molecular weight is 311 g/mol. The lowest BCUT2D eigenvalue weighted by Crippen LogP contribution is -2.22. The molecule has 1 aliphatic rings. The molecule has 1 aliphatic heterocycles. The molecule has 2 heterocycles. The lowest BCUT2D eigenvalue weighted by molar-refractivity contribution is 0.0951. The van der Waals surface area contributed by atoms with Crippen LogP contribution < -0.4 is 5.32 Å². The van der Waals surface area contributed by atoms with Crippen molar-refractivity contribution < 1.29 is 9.18 Å². The van der Waals surface area contributed by atoms with E-state index in [2.05, 4.69) is 28.2 Å². The minimum Gasteiger partial charge on any atom is -0.351 e. The van der Waals surface area contributed by atoms with Gasteiger partial charge in [0.15, 0.2) is 0 Å². The molecule has 3 rings (SSSR count). The summed E-state index contributed by atoms with van der Waals surface area (Å²) in [6.07, 6.45) is 0.867. The van der Waals surface area contributed by atoms with E-state index in [-0.39, 0.29) is 17.8 Å². The molecule has 94 valence electrons. The van der Waals surface area contributed by atoms with Crippen LogP contribution >= 0.6 is 15.9 Å². The maximum absolute atomic E-state index is 13.4. The summed E-state index contributed by atoms with van der Waals surface area (Å²) in [4.78, 5) is 12.0. The molecule has 18 heavy (non-hydrogen) atoms. The zero-order valence-corrected chi connectivity index (χ0v) is 11.4. The average Bonchev–Trinajstić information content (AvgIpc) is 2.62. The van der Waals surface area contributed by atoms with Gasteiger partial charge in [-0.1, -0.05) is 0 Å². The van der Waals surface area contributed by atoms with Gasteiger partial charge in [-0.2, -0.15) is 0 Å². The number of carbonyl (C=O) groups excluding carboxylic acids is 1. The van der Waals surface area contributed by atoms with E-state index in [1.807, 2.05) is 4.57 Å². The second-order valence-electron chi connectivity index (χ2n) is 4.62. The van der Waals surface area contributed by atoms with Crippen LogP contribution in [0.1, 0.15) is 29.9 Å². The molecular weight excluding hydrogens is 299 g/mol. The van der Waals surface area contributed by atoms with Crippen molar-refractivity contribution in [3.8, 4) is 0 Å². The predicted molar refractivity (Wildman–Crippen MR) is 71.3 cm³/mol. The first-order valence-corrected chi connectivity index (χ1v) is 6.65. The van der Waals surface area contributed by atoms with E-state index in [1.165, 1.54) is 12.1 Å². The minimum atomic E-state index is -0.303. The fourth-order valence-electron chi connectivity index (χ4n) is 2.53. The first kappa shape index (κ1) is 11.7. The molecule has 0 radical (unpaired) electrons. The van der Waals surface area contributed by atoms with Crippen LogP contribution in [0.25, 0.3) is 10.9 Å². The fraction of sp³-hybridized carbons (Fsp3) is 0.308. The Balaban J connectivity index is 2.38. The molecule has 1 aromatic carbocycles. The summed E-state index contributed by atoms with van der Waals surface area (Å²) in [5, 5.41) is 3.61. The number of nitrogens with one attached hydrogen (secondary N) is 1. The van der Waals surface area contributed by atoms with Crippen molar-refractivity contribution in [2.24, 2.45) is 0 Å². The lowest BCUT2D eigenvalue weighted by atomic mass is 10.2. The van der Waals surface area contributed by atoms with E-state index in [0.29, 0.717) is 16.7 Å². The summed E-state index contributed by atoms with van der Waals surface area (Å²) in [6, 6.07) is 4.85. The summed E-state index contributed by atoms with van der Waals surface area (Å²) in [5.41, 5.74) is 1.48. The summed E-state index contributed by atoms with van der Waals surface area (Å²) in [5.74, 6) is -0.397. The summed E-state index contributed by atoms with van der Waals surface area (Å²) < 4.78 is 16.1. The molecule has 1 N–H and O–H groups in total. The van der Waals surface area contributed by atoms with Gasteiger partial charge in [0.05, 0.1) is 5.52 Å². The van der Waals surface area contributed by atoms with Gasteiger partial charge in [-0.3, -0.25) is 4.79 Å². The minimum absolute atomic E-state index is 0.0946. The van der Waals surface area contributed by atoms with E-state index in [9.17, 15) is 9.18 Å². The Labute approximate surface area is 112 Å². The molecule has 1 amide bonds. The molecule has 0 bridgehead atoms. The van der Waals surface area contributed by atoms with E-state index in [1.54, 1.807) is 6.07 Å². The van der Waals surface area contributed by atoms with Crippen molar-refractivity contribution in [3.63, 3.8) is 0 Å². The van der Waals surface area contributed by atoms with Crippen LogP contribution in [0, 0.1) is 5.82 Å². The maximum atomic E-state index is 13.4. The second kappa shape index (κ2) is 4.09. The number of fused-ring (bicyclic) bond motifs is 3. The Morgan fingerprint density at radius 2 is 2.22 bits per heavy atom. The number of rotatable bonds is 0. The first-order valence-electron chi connectivity index (χ1n) is 5.86. The highest BCUT2D eigenvalue weighted by atomic mass is 79.9. The van der Waals surface area contributed by atoms with E-state index >= 15 is 0 Å². The third-order valence-corrected chi connectivity index (χ3v) is 3.98. The SMILES string of the molecule is C[C@H]1CCNC(=O)c2cc3cc(F)cc(Br)c3n21. The maximum Gasteiger partial charge on any atom is 0.267 e. The van der Waals surface area contributed by atoms with Crippen molar-refractivity contribution in [1.29, 1.82) is 0 Å². The van der Waals surface area contributed by atoms with Crippen molar-refractivity contribution >= 4 is 32.7 Å². The number of hydrogen-bond donors (Lipinski definition) is 1. The number of amides is 1. The van der Waals surface area contributed by atoms with Gasteiger partial charge in [0.2, 0.25) is 0 Å². The molecule has 1 aromatic heterocycles. The topological polar surface area (TPSA) is 34.0 Å². The van der Waals surface area contributed by atoms with E-state index < -0.39 is 0 Å². The lowest BCUT2D eigenvalue weighted by Gasteiger charge is -2.15. The van der Waals surface area contributed by atoms with Crippen molar-refractivity contribution in [2.75, 3.05) is 6.54 Å². The quantitative estimate of drug-likeness (QED) is 0.796. The van der Waals surface area contributed by atoms with Crippen LogP contribution in [-0.2, 0) is 0 Å². The normalized spacial score (nSPS) is 19.5.